The van der Waals surface area contributed by atoms with Crippen LogP contribution < -0.4 is 0 Å². The van der Waals surface area contributed by atoms with Crippen molar-refractivity contribution in [2.24, 2.45) is 0 Å². The fraction of sp³-hybridized carbons (Fsp3) is 0.800. The van der Waals surface area contributed by atoms with Gasteiger partial charge in [-0.25, -0.2) is 0 Å². The molecule has 0 amide bonds. The van der Waals surface area contributed by atoms with Gasteiger partial charge in [0.15, 0.2) is 0 Å². The Labute approximate surface area is 60.4 Å². The topological polar surface area (TPSA) is 26.3 Å². The summed E-state index contributed by atoms with van der Waals surface area (Å²) in [5, 5.41) is 0. The van der Waals surface area contributed by atoms with Crippen molar-refractivity contribution in [3.63, 3.8) is 0 Å². The molecule has 0 rings (SSSR count). The van der Waals surface area contributed by atoms with E-state index in [1.807, 2.05) is 0 Å². The van der Waals surface area contributed by atoms with Gasteiger partial charge >= 0.3 is 59.4 Å². The summed E-state index contributed by atoms with van der Waals surface area (Å²) in [6.07, 6.45) is 0. The van der Waals surface area contributed by atoms with Gasteiger partial charge in [0, 0.05) is 0 Å². The van der Waals surface area contributed by atoms with Gasteiger partial charge in [-0.1, -0.05) is 0 Å². The summed E-state index contributed by atoms with van der Waals surface area (Å²) >= 11 is 0. The quantitative estimate of drug-likeness (QED) is 0.464. The van der Waals surface area contributed by atoms with E-state index >= 15 is 0 Å². The van der Waals surface area contributed by atoms with Crippen LogP contribution in [0.1, 0.15) is 0 Å². The second-order valence-corrected chi connectivity index (χ2v) is 2.80. The number of rotatable bonds is 3. The number of hydrogen-bond acceptors (Lipinski definition) is 2. The average Bonchev–Trinajstić information content (AvgIpc) is 1.84. The molecule has 5 heteroatoms. The Hall–Kier alpha value is -0.140. The van der Waals surface area contributed by atoms with Gasteiger partial charge in [0.2, 0.25) is 0 Å². The minimum absolute atomic E-state index is 0.00444. The van der Waals surface area contributed by atoms with Crippen LogP contribution in [0.2, 0.25) is 0 Å². The fourth-order valence-electron chi connectivity index (χ4n) is 0.423. The number of likely N-dealkylation sites (N-methyl/N-ethyl adjacent to an activating group) is 1. The molecule has 0 aromatic rings. The Morgan fingerprint density at radius 3 is 2.70 bits per heavy atom. The molecule has 0 spiro atoms. The van der Waals surface area contributed by atoms with Gasteiger partial charge in [-0.05, 0) is 0 Å². The van der Waals surface area contributed by atoms with Crippen molar-refractivity contribution in [2.75, 3.05) is 27.2 Å². The molecule has 0 aromatic heterocycles. The first-order valence-corrected chi connectivity index (χ1v) is 3.60. The van der Waals surface area contributed by atoms with Crippen LogP contribution in [0, 0.1) is 5.75 Å². The van der Waals surface area contributed by atoms with Gasteiger partial charge in [-0.3, -0.25) is 0 Å². The van der Waals surface area contributed by atoms with Crippen LogP contribution >= 0.6 is 7.92 Å². The third-order valence-electron chi connectivity index (χ3n) is 1.04. The molecule has 0 aromatic carbocycles. The Morgan fingerprint density at radius 1 is 1.70 bits per heavy atom. The Balaban J connectivity index is 3.82. The summed E-state index contributed by atoms with van der Waals surface area (Å²) < 4.78 is 21.4. The molecule has 10 heavy (non-hydrogen) atoms. The van der Waals surface area contributed by atoms with Crippen LogP contribution in [0.25, 0.3) is 0 Å². The Kier molecular flexibility index (Phi) is 4.58. The van der Waals surface area contributed by atoms with E-state index in [-0.39, 0.29) is 19.0 Å². The molecule has 0 bridgehead atoms. The molecule has 0 aliphatic carbocycles. The van der Waals surface area contributed by atoms with E-state index in [4.69, 9.17) is 0 Å². The first kappa shape index (κ1) is 9.86. The molecule has 0 heterocycles. The zero-order valence-corrected chi connectivity index (χ0v) is 6.90. The van der Waals surface area contributed by atoms with Crippen LogP contribution in [-0.4, -0.2) is 31.7 Å². The van der Waals surface area contributed by atoms with E-state index in [1.54, 1.807) is 14.1 Å². The first-order valence-electron chi connectivity index (χ1n) is 2.78. The van der Waals surface area contributed by atoms with Gasteiger partial charge in [-0.15, -0.1) is 0 Å². The molecule has 0 radical (unpaired) electrons. The molecule has 0 saturated carbocycles. The summed E-state index contributed by atoms with van der Waals surface area (Å²) in [5.41, 5.74) is 0. The van der Waals surface area contributed by atoms with Crippen molar-refractivity contribution in [1.29, 1.82) is 0 Å². The van der Waals surface area contributed by atoms with Crippen LogP contribution in [0.15, 0.2) is 0 Å². The van der Waals surface area contributed by atoms with Gasteiger partial charge < -0.3 is 0 Å². The zero-order chi connectivity index (χ0) is 8.04. The van der Waals surface area contributed by atoms with Crippen LogP contribution in [0.5, 0.6) is 0 Å². The summed E-state index contributed by atoms with van der Waals surface area (Å²) in [6, 6.07) is 0. The average molecular weight is 166 g/mol. The summed E-state index contributed by atoms with van der Waals surface area (Å²) in [5.74, 6) is 2.56. The molecule has 3 nitrogen and oxygen atoms in total. The second-order valence-electron chi connectivity index (χ2n) is 2.41. The monoisotopic (exact) mass is 166 g/mol. The molecule has 0 aliphatic rings. The van der Waals surface area contributed by atoms with Crippen molar-refractivity contribution in [3.8, 4) is 5.75 Å². The Bertz CT molecular complexity index is 187. The van der Waals surface area contributed by atoms with Crippen molar-refractivity contribution in [3.05, 3.63) is 0 Å². The number of nitrogens with zero attached hydrogens (tertiary/aromatic N) is 1. The molecular formula is C5H10FNO2P+. The van der Waals surface area contributed by atoms with Crippen molar-refractivity contribution in [1.82, 2.24) is 0 Å². The maximum absolute atomic E-state index is 11.1. The standard InChI is InChI=1S/C5H10FNO2P/c1-7(2,5-10-8)3-4-9-6/h3-4H2,1-2H3/q+1. The molecule has 0 aliphatic heterocycles. The molecule has 0 atom stereocenters. The van der Waals surface area contributed by atoms with E-state index in [0.717, 1.165) is 0 Å². The summed E-state index contributed by atoms with van der Waals surface area (Å²) in [7, 11) is 3.34. The predicted octanol–water partition coefficient (Wildman–Crippen LogP) is 1.17. The fourth-order valence-corrected chi connectivity index (χ4v) is 0.744. The van der Waals surface area contributed by atoms with Crippen LogP contribution in [0.3, 0.4) is 0 Å². The minimum atomic E-state index is -0.166. The normalized spacial score (nSPS) is 10.7. The third-order valence-corrected chi connectivity index (χ3v) is 1.66. The van der Waals surface area contributed by atoms with Gasteiger partial charge in [0.1, 0.15) is 0 Å². The van der Waals surface area contributed by atoms with Gasteiger partial charge in [-0.2, -0.15) is 0 Å². The third kappa shape index (κ3) is 4.71. The molecular weight excluding hydrogens is 156 g/mol. The predicted molar refractivity (Wildman–Crippen MR) is 35.5 cm³/mol. The molecule has 0 unspecified atom stereocenters. The van der Waals surface area contributed by atoms with E-state index in [1.165, 1.54) is 0 Å². The molecule has 0 saturated heterocycles. The molecule has 0 N–H and O–H groups in total. The number of quaternary nitrogens is 1. The van der Waals surface area contributed by atoms with E-state index < -0.39 is 0 Å². The summed E-state index contributed by atoms with van der Waals surface area (Å²) in [4.78, 5) is 3.36. The van der Waals surface area contributed by atoms with Crippen LogP contribution in [-0.2, 0) is 9.51 Å². The van der Waals surface area contributed by atoms with Crippen molar-refractivity contribution < 1.29 is 18.5 Å². The second kappa shape index (κ2) is 4.64. The Morgan fingerprint density at radius 2 is 2.30 bits per heavy atom. The maximum atomic E-state index is 11.1. The molecule has 58 valence electrons. The van der Waals surface area contributed by atoms with Crippen molar-refractivity contribution in [2.45, 2.75) is 0 Å². The van der Waals surface area contributed by atoms with E-state index in [0.29, 0.717) is 6.54 Å². The summed E-state index contributed by atoms with van der Waals surface area (Å²) in [6.45, 7) is 0.418. The van der Waals surface area contributed by atoms with Gasteiger partial charge in [0.25, 0.3) is 0 Å². The SMILES string of the molecule is C[N+](C)(C#P=O)CCOF. The first-order chi connectivity index (χ1) is 4.62. The van der Waals surface area contributed by atoms with Crippen LogP contribution in [0.4, 0.5) is 4.53 Å². The number of hydrogen-bond donors (Lipinski definition) is 0. The zero-order valence-electron chi connectivity index (χ0n) is 6.00. The van der Waals surface area contributed by atoms with Gasteiger partial charge in [0.05, 0.1) is 0 Å². The van der Waals surface area contributed by atoms with Crippen molar-refractivity contribution >= 4 is 7.92 Å². The molecule has 0 fully saturated rings. The number of halogens is 1. The van der Waals surface area contributed by atoms with E-state index in [9.17, 15) is 9.09 Å². The van der Waals surface area contributed by atoms with E-state index in [2.05, 4.69) is 10.7 Å².